The van der Waals surface area contributed by atoms with Crippen molar-refractivity contribution in [3.05, 3.63) is 59.2 Å². The Balaban J connectivity index is 0.00000320. The third kappa shape index (κ3) is 7.05. The molecule has 1 aliphatic rings. The summed E-state index contributed by atoms with van der Waals surface area (Å²) < 4.78 is 10.9. The zero-order valence-corrected chi connectivity index (χ0v) is 20.4. The lowest BCUT2D eigenvalue weighted by atomic mass is 10.1. The van der Waals surface area contributed by atoms with Crippen molar-refractivity contribution in [3.63, 3.8) is 0 Å². The summed E-state index contributed by atoms with van der Waals surface area (Å²) in [6.07, 6.45) is 0.875. The highest BCUT2D eigenvalue weighted by atomic mass is 127. The van der Waals surface area contributed by atoms with Crippen LogP contribution in [0, 0.1) is 6.92 Å². The van der Waals surface area contributed by atoms with Gasteiger partial charge in [0.1, 0.15) is 5.75 Å². The number of morpholine rings is 1. The van der Waals surface area contributed by atoms with Crippen LogP contribution in [0.5, 0.6) is 5.75 Å². The van der Waals surface area contributed by atoms with Crippen LogP contribution in [0.15, 0.2) is 47.5 Å². The van der Waals surface area contributed by atoms with E-state index >= 15 is 0 Å². The Hall–Kier alpha value is -2.00. The molecule has 0 spiro atoms. The van der Waals surface area contributed by atoms with Crippen LogP contribution in [0.4, 0.5) is 5.69 Å². The normalized spacial score (nSPS) is 14.1. The Bertz CT molecular complexity index is 805. The van der Waals surface area contributed by atoms with Gasteiger partial charge in [-0.1, -0.05) is 29.8 Å². The molecule has 0 atom stereocenters. The average molecular weight is 524 g/mol. The summed E-state index contributed by atoms with van der Waals surface area (Å²) in [5.74, 6) is 1.73. The van der Waals surface area contributed by atoms with Gasteiger partial charge in [0.15, 0.2) is 5.96 Å². The van der Waals surface area contributed by atoms with Crippen molar-refractivity contribution in [2.45, 2.75) is 19.9 Å². The Morgan fingerprint density at radius 3 is 2.50 bits per heavy atom. The number of aliphatic imine (C=N–C) groups is 1. The summed E-state index contributed by atoms with van der Waals surface area (Å²) in [6.45, 7) is 7.15. The molecule has 0 saturated carbocycles. The first kappa shape index (κ1) is 24.3. The van der Waals surface area contributed by atoms with Gasteiger partial charge in [-0.15, -0.1) is 24.0 Å². The summed E-state index contributed by atoms with van der Waals surface area (Å²) in [6, 6.07) is 15.0. The van der Waals surface area contributed by atoms with E-state index in [2.05, 4.69) is 63.8 Å². The lowest BCUT2D eigenvalue weighted by molar-refractivity contribution is 0.122. The maximum absolute atomic E-state index is 5.46. The van der Waals surface area contributed by atoms with Gasteiger partial charge in [-0.25, -0.2) is 0 Å². The molecular formula is C23H33IN4O2. The van der Waals surface area contributed by atoms with Crippen LogP contribution in [-0.4, -0.2) is 53.0 Å². The number of aryl methyl sites for hydroxylation is 1. The fourth-order valence-electron chi connectivity index (χ4n) is 3.47. The van der Waals surface area contributed by atoms with Crippen molar-refractivity contribution in [1.82, 2.24) is 10.6 Å². The van der Waals surface area contributed by atoms with Gasteiger partial charge in [0.2, 0.25) is 0 Å². The highest BCUT2D eigenvalue weighted by Crippen LogP contribution is 2.20. The predicted octanol–water partition coefficient (Wildman–Crippen LogP) is 3.37. The monoisotopic (exact) mass is 524 g/mol. The minimum absolute atomic E-state index is 0. The summed E-state index contributed by atoms with van der Waals surface area (Å²) in [4.78, 5) is 6.69. The van der Waals surface area contributed by atoms with Gasteiger partial charge in [0.25, 0.3) is 0 Å². The van der Waals surface area contributed by atoms with Gasteiger partial charge >= 0.3 is 0 Å². The van der Waals surface area contributed by atoms with E-state index in [1.54, 1.807) is 14.2 Å². The molecule has 0 aliphatic carbocycles. The van der Waals surface area contributed by atoms with Crippen LogP contribution in [0.2, 0.25) is 0 Å². The second-order valence-electron chi connectivity index (χ2n) is 7.18. The van der Waals surface area contributed by atoms with Crippen LogP contribution in [0.25, 0.3) is 0 Å². The van der Waals surface area contributed by atoms with E-state index in [1.807, 2.05) is 6.07 Å². The second kappa shape index (κ2) is 12.6. The number of guanidine groups is 1. The number of nitrogens with zero attached hydrogens (tertiary/aromatic N) is 2. The standard InChI is InChI=1S/C23H32N4O2.HI/c1-18-4-9-22(28-3)20(16-18)10-11-25-23(24-2)26-17-19-5-7-21(8-6-19)27-12-14-29-15-13-27;/h4-9,16H,10-15,17H2,1-3H3,(H2,24,25,26);1H. The fourth-order valence-corrected chi connectivity index (χ4v) is 3.47. The largest absolute Gasteiger partial charge is 0.496 e. The number of hydrogen-bond acceptors (Lipinski definition) is 4. The van der Waals surface area contributed by atoms with E-state index in [0.29, 0.717) is 0 Å². The number of methoxy groups -OCH3 is 1. The third-order valence-corrected chi connectivity index (χ3v) is 5.12. The van der Waals surface area contributed by atoms with Crippen molar-refractivity contribution < 1.29 is 9.47 Å². The number of benzene rings is 2. The van der Waals surface area contributed by atoms with Gasteiger partial charge in [-0.2, -0.15) is 0 Å². The molecule has 30 heavy (non-hydrogen) atoms. The molecule has 164 valence electrons. The quantitative estimate of drug-likeness (QED) is 0.331. The molecule has 1 saturated heterocycles. The molecule has 2 N–H and O–H groups in total. The van der Waals surface area contributed by atoms with Crippen LogP contribution in [0.3, 0.4) is 0 Å². The Labute approximate surface area is 197 Å². The zero-order chi connectivity index (χ0) is 20.5. The lowest BCUT2D eigenvalue weighted by Crippen LogP contribution is -2.38. The summed E-state index contributed by atoms with van der Waals surface area (Å²) >= 11 is 0. The van der Waals surface area contributed by atoms with Gasteiger partial charge in [0, 0.05) is 38.9 Å². The molecule has 0 aromatic heterocycles. The van der Waals surface area contributed by atoms with E-state index in [9.17, 15) is 0 Å². The molecule has 1 heterocycles. The van der Waals surface area contributed by atoms with E-state index in [1.165, 1.54) is 22.4 Å². The van der Waals surface area contributed by atoms with Gasteiger partial charge in [-0.05, 0) is 42.7 Å². The van der Waals surface area contributed by atoms with Crippen molar-refractivity contribution in [2.24, 2.45) is 4.99 Å². The molecule has 2 aromatic rings. The lowest BCUT2D eigenvalue weighted by Gasteiger charge is -2.28. The molecule has 6 nitrogen and oxygen atoms in total. The summed E-state index contributed by atoms with van der Waals surface area (Å²) in [5, 5.41) is 6.77. The average Bonchev–Trinajstić information content (AvgIpc) is 2.77. The number of halogens is 1. The van der Waals surface area contributed by atoms with E-state index in [4.69, 9.17) is 9.47 Å². The molecule has 2 aromatic carbocycles. The van der Waals surface area contributed by atoms with Crippen LogP contribution in [0.1, 0.15) is 16.7 Å². The summed E-state index contributed by atoms with van der Waals surface area (Å²) in [7, 11) is 3.51. The smallest absolute Gasteiger partial charge is 0.191 e. The number of anilines is 1. The predicted molar refractivity (Wildman–Crippen MR) is 135 cm³/mol. The Kier molecular flexibility index (Phi) is 10.2. The van der Waals surface area contributed by atoms with Crippen molar-refractivity contribution in [3.8, 4) is 5.75 Å². The van der Waals surface area contributed by atoms with E-state index in [-0.39, 0.29) is 24.0 Å². The van der Waals surface area contributed by atoms with E-state index < -0.39 is 0 Å². The Morgan fingerprint density at radius 2 is 1.83 bits per heavy atom. The topological polar surface area (TPSA) is 58.1 Å². The molecule has 1 aliphatic heterocycles. The molecule has 0 bridgehead atoms. The SMILES string of the molecule is CN=C(NCCc1cc(C)ccc1OC)NCc1ccc(N2CCOCC2)cc1.I. The highest BCUT2D eigenvalue weighted by molar-refractivity contribution is 14.0. The van der Waals surface area contributed by atoms with Crippen LogP contribution >= 0.6 is 24.0 Å². The summed E-state index contributed by atoms with van der Waals surface area (Å²) in [5.41, 5.74) is 4.93. The van der Waals surface area contributed by atoms with Crippen LogP contribution < -0.4 is 20.3 Å². The third-order valence-electron chi connectivity index (χ3n) is 5.12. The molecule has 7 heteroatoms. The molecule has 0 amide bonds. The van der Waals surface area contributed by atoms with Crippen molar-refractivity contribution in [2.75, 3.05) is 51.9 Å². The maximum atomic E-state index is 5.46. The minimum Gasteiger partial charge on any atom is -0.496 e. The number of ether oxygens (including phenoxy) is 2. The molecule has 0 radical (unpaired) electrons. The first-order valence-electron chi connectivity index (χ1n) is 10.2. The highest BCUT2D eigenvalue weighted by Gasteiger charge is 2.10. The molecule has 3 rings (SSSR count). The first-order chi connectivity index (χ1) is 14.2. The molecule has 0 unspecified atom stereocenters. The maximum Gasteiger partial charge on any atom is 0.191 e. The van der Waals surface area contributed by atoms with Gasteiger partial charge in [0.05, 0.1) is 20.3 Å². The Morgan fingerprint density at radius 1 is 1.10 bits per heavy atom. The van der Waals surface area contributed by atoms with Crippen molar-refractivity contribution >= 4 is 35.6 Å². The second-order valence-corrected chi connectivity index (χ2v) is 7.18. The van der Waals surface area contributed by atoms with E-state index in [0.717, 1.165) is 57.5 Å². The molecular weight excluding hydrogens is 491 g/mol. The number of nitrogens with one attached hydrogen (secondary N) is 2. The number of hydrogen-bond donors (Lipinski definition) is 2. The number of rotatable bonds is 7. The molecule has 1 fully saturated rings. The minimum atomic E-state index is 0. The van der Waals surface area contributed by atoms with Gasteiger partial charge < -0.3 is 25.0 Å². The zero-order valence-electron chi connectivity index (χ0n) is 18.1. The van der Waals surface area contributed by atoms with Crippen molar-refractivity contribution in [1.29, 1.82) is 0 Å². The van der Waals surface area contributed by atoms with Gasteiger partial charge in [-0.3, -0.25) is 4.99 Å². The fraction of sp³-hybridized carbons (Fsp3) is 0.435. The van der Waals surface area contributed by atoms with Crippen LogP contribution in [-0.2, 0) is 17.7 Å². The first-order valence-corrected chi connectivity index (χ1v) is 10.2.